The van der Waals surface area contributed by atoms with E-state index in [9.17, 15) is 19.2 Å². The first-order chi connectivity index (χ1) is 17.2. The van der Waals surface area contributed by atoms with E-state index in [4.69, 9.17) is 9.52 Å². The Hall–Kier alpha value is -4.92. The van der Waals surface area contributed by atoms with Gasteiger partial charge in [0, 0.05) is 22.7 Å². The molecule has 4 amide bonds. The van der Waals surface area contributed by atoms with E-state index in [0.717, 1.165) is 26.9 Å². The standard InChI is InChI=1S/C27H21N3O6/c1-15-9-16(2)11-18(10-15)30-25(32)21(24(31)28-27(30)35)12-17-13-29(22-6-4-3-5-20(17)22)14-19-7-8-23(36-19)26(33)34/h3-13H,14H2,1-2H3,(H,33,34)(H,28,31,35). The number of aryl methyl sites for hydroxylation is 2. The van der Waals surface area contributed by atoms with E-state index in [-0.39, 0.29) is 17.9 Å². The lowest BCUT2D eigenvalue weighted by molar-refractivity contribution is -0.122. The van der Waals surface area contributed by atoms with Gasteiger partial charge in [-0.05, 0) is 61.4 Å². The summed E-state index contributed by atoms with van der Waals surface area (Å²) in [7, 11) is 0. The summed E-state index contributed by atoms with van der Waals surface area (Å²) in [4.78, 5) is 50.8. The van der Waals surface area contributed by atoms with Crippen LogP contribution in [0.5, 0.6) is 0 Å². The largest absolute Gasteiger partial charge is 0.475 e. The molecule has 2 N–H and O–H groups in total. The smallest absolute Gasteiger partial charge is 0.371 e. The number of carboxylic acid groups (broad SMARTS) is 1. The van der Waals surface area contributed by atoms with Gasteiger partial charge in [0.1, 0.15) is 11.3 Å². The van der Waals surface area contributed by atoms with E-state index in [0.29, 0.717) is 17.0 Å². The van der Waals surface area contributed by atoms with Gasteiger partial charge in [-0.2, -0.15) is 0 Å². The third-order valence-electron chi connectivity index (χ3n) is 5.88. The molecule has 1 aliphatic rings. The maximum Gasteiger partial charge on any atom is 0.371 e. The molecular weight excluding hydrogens is 462 g/mol. The number of anilines is 1. The quantitative estimate of drug-likeness (QED) is 0.323. The topological polar surface area (TPSA) is 122 Å². The second-order valence-electron chi connectivity index (χ2n) is 8.60. The number of hydrogen-bond donors (Lipinski definition) is 2. The minimum Gasteiger partial charge on any atom is -0.475 e. The molecule has 3 heterocycles. The normalized spacial score (nSPS) is 15.1. The molecule has 0 spiro atoms. The van der Waals surface area contributed by atoms with Crippen molar-refractivity contribution in [1.29, 1.82) is 0 Å². The molecule has 1 saturated heterocycles. The average Bonchev–Trinajstić information content (AvgIpc) is 3.41. The van der Waals surface area contributed by atoms with Crippen LogP contribution in [0.4, 0.5) is 10.5 Å². The minimum atomic E-state index is -1.16. The molecule has 180 valence electrons. The number of aromatic carboxylic acids is 1. The molecule has 0 bridgehead atoms. The molecule has 2 aromatic carbocycles. The fourth-order valence-corrected chi connectivity index (χ4v) is 4.39. The number of barbiturate groups is 1. The Morgan fingerprint density at radius 2 is 1.75 bits per heavy atom. The summed E-state index contributed by atoms with van der Waals surface area (Å²) in [5.41, 5.74) is 3.33. The van der Waals surface area contributed by atoms with Gasteiger partial charge in [-0.15, -0.1) is 0 Å². The molecule has 1 fully saturated rings. The zero-order valence-electron chi connectivity index (χ0n) is 19.4. The number of nitrogens with zero attached hydrogens (tertiary/aromatic N) is 2. The van der Waals surface area contributed by atoms with Crippen LogP contribution in [0.3, 0.4) is 0 Å². The number of urea groups is 1. The number of carbonyl (C=O) groups is 4. The first-order valence-corrected chi connectivity index (χ1v) is 11.1. The van der Waals surface area contributed by atoms with Gasteiger partial charge in [0.25, 0.3) is 11.8 Å². The molecule has 36 heavy (non-hydrogen) atoms. The highest BCUT2D eigenvalue weighted by atomic mass is 16.4. The summed E-state index contributed by atoms with van der Waals surface area (Å²) < 4.78 is 7.22. The third kappa shape index (κ3) is 4.07. The van der Waals surface area contributed by atoms with Gasteiger partial charge in [0.15, 0.2) is 0 Å². The monoisotopic (exact) mass is 483 g/mol. The predicted octanol–water partition coefficient (Wildman–Crippen LogP) is 4.26. The van der Waals surface area contributed by atoms with E-state index < -0.39 is 23.8 Å². The number of imide groups is 2. The van der Waals surface area contributed by atoms with Crippen LogP contribution in [0.1, 0.15) is 33.0 Å². The zero-order chi connectivity index (χ0) is 25.6. The van der Waals surface area contributed by atoms with Crippen LogP contribution in [0.25, 0.3) is 17.0 Å². The molecule has 0 unspecified atom stereocenters. The Kier molecular flexibility index (Phi) is 5.52. The van der Waals surface area contributed by atoms with Gasteiger partial charge >= 0.3 is 12.0 Å². The maximum atomic E-state index is 13.4. The molecular formula is C27H21N3O6. The number of nitrogens with one attached hydrogen (secondary N) is 1. The molecule has 0 aliphatic carbocycles. The summed E-state index contributed by atoms with van der Waals surface area (Å²) in [5, 5.41) is 12.1. The Bertz CT molecular complexity index is 1590. The molecule has 9 heteroatoms. The molecule has 5 rings (SSSR count). The van der Waals surface area contributed by atoms with Crippen molar-refractivity contribution in [3.63, 3.8) is 0 Å². The first kappa shape index (κ1) is 22.9. The number of rotatable bonds is 5. The van der Waals surface area contributed by atoms with E-state index in [1.165, 1.54) is 12.1 Å². The average molecular weight is 483 g/mol. The number of furan rings is 1. The highest BCUT2D eigenvalue weighted by Crippen LogP contribution is 2.28. The number of benzene rings is 2. The summed E-state index contributed by atoms with van der Waals surface area (Å²) in [6, 6.07) is 14.9. The van der Waals surface area contributed by atoms with E-state index in [2.05, 4.69) is 5.32 Å². The van der Waals surface area contributed by atoms with Crippen molar-refractivity contribution in [1.82, 2.24) is 9.88 Å². The number of para-hydroxylation sites is 1. The maximum absolute atomic E-state index is 13.4. The number of carboxylic acids is 1. The van der Waals surface area contributed by atoms with Crippen molar-refractivity contribution in [2.45, 2.75) is 20.4 Å². The van der Waals surface area contributed by atoms with Gasteiger partial charge in [0.2, 0.25) is 5.76 Å². The molecule has 0 radical (unpaired) electrons. The van der Waals surface area contributed by atoms with E-state index >= 15 is 0 Å². The Morgan fingerprint density at radius 1 is 1.03 bits per heavy atom. The highest BCUT2D eigenvalue weighted by molar-refractivity contribution is 6.39. The molecule has 2 aromatic heterocycles. The van der Waals surface area contributed by atoms with Crippen LogP contribution in [0.2, 0.25) is 0 Å². The van der Waals surface area contributed by atoms with Crippen LogP contribution in [0.15, 0.2) is 70.8 Å². The Labute approximate surface area is 205 Å². The predicted molar refractivity (Wildman–Crippen MR) is 132 cm³/mol. The van der Waals surface area contributed by atoms with Crippen molar-refractivity contribution >= 4 is 46.5 Å². The van der Waals surface area contributed by atoms with Crippen molar-refractivity contribution in [2.75, 3.05) is 4.90 Å². The zero-order valence-corrected chi connectivity index (χ0v) is 19.4. The minimum absolute atomic E-state index is 0.163. The van der Waals surface area contributed by atoms with Crippen LogP contribution in [-0.4, -0.2) is 33.5 Å². The SMILES string of the molecule is Cc1cc(C)cc(N2C(=O)NC(=O)C(=Cc3cn(Cc4ccc(C(=O)O)o4)c4ccccc34)C2=O)c1. The number of carbonyl (C=O) groups excluding carboxylic acids is 3. The number of hydrogen-bond acceptors (Lipinski definition) is 5. The van der Waals surface area contributed by atoms with Gasteiger partial charge in [-0.3, -0.25) is 14.9 Å². The third-order valence-corrected chi connectivity index (χ3v) is 5.88. The summed E-state index contributed by atoms with van der Waals surface area (Å²) in [6.07, 6.45) is 3.21. The number of aromatic nitrogens is 1. The van der Waals surface area contributed by atoms with Gasteiger partial charge in [-0.1, -0.05) is 24.3 Å². The van der Waals surface area contributed by atoms with Crippen LogP contribution < -0.4 is 10.2 Å². The summed E-state index contributed by atoms with van der Waals surface area (Å²) in [5.74, 6) is -2.38. The number of amides is 4. The molecule has 9 nitrogen and oxygen atoms in total. The number of fused-ring (bicyclic) bond motifs is 1. The second-order valence-corrected chi connectivity index (χ2v) is 8.60. The van der Waals surface area contributed by atoms with Gasteiger partial charge in [-0.25, -0.2) is 14.5 Å². The Balaban J connectivity index is 1.56. The van der Waals surface area contributed by atoms with Crippen LogP contribution in [-0.2, 0) is 16.1 Å². The lowest BCUT2D eigenvalue weighted by Gasteiger charge is -2.26. The molecule has 0 saturated carbocycles. The lowest BCUT2D eigenvalue weighted by atomic mass is 10.0. The molecule has 1 aliphatic heterocycles. The van der Waals surface area contributed by atoms with Crippen molar-refractivity contribution in [3.8, 4) is 0 Å². The fraction of sp³-hybridized carbons (Fsp3) is 0.111. The molecule has 0 atom stereocenters. The molecule has 4 aromatic rings. The summed E-state index contributed by atoms with van der Waals surface area (Å²) >= 11 is 0. The van der Waals surface area contributed by atoms with E-state index in [1.807, 2.05) is 48.7 Å². The van der Waals surface area contributed by atoms with E-state index in [1.54, 1.807) is 24.4 Å². The first-order valence-electron chi connectivity index (χ1n) is 11.1. The highest BCUT2D eigenvalue weighted by Gasteiger charge is 2.37. The van der Waals surface area contributed by atoms with Crippen LogP contribution in [0, 0.1) is 13.8 Å². The second kappa shape index (κ2) is 8.70. The van der Waals surface area contributed by atoms with Crippen LogP contribution >= 0.6 is 0 Å². The van der Waals surface area contributed by atoms with Crippen molar-refractivity contribution in [2.24, 2.45) is 0 Å². The Morgan fingerprint density at radius 3 is 2.44 bits per heavy atom. The van der Waals surface area contributed by atoms with Gasteiger partial charge in [0.05, 0.1) is 12.2 Å². The summed E-state index contributed by atoms with van der Waals surface area (Å²) in [6.45, 7) is 3.96. The van der Waals surface area contributed by atoms with Crippen molar-refractivity contribution in [3.05, 3.63) is 94.6 Å². The fourth-order valence-electron chi connectivity index (χ4n) is 4.39. The van der Waals surface area contributed by atoms with Gasteiger partial charge < -0.3 is 14.1 Å². The lowest BCUT2D eigenvalue weighted by Crippen LogP contribution is -2.54. The van der Waals surface area contributed by atoms with Crippen molar-refractivity contribution < 1.29 is 28.7 Å².